The lowest BCUT2D eigenvalue weighted by Crippen LogP contribution is -2.48. The molecule has 0 aromatic heterocycles. The highest BCUT2D eigenvalue weighted by molar-refractivity contribution is 6.42. The van der Waals surface area contributed by atoms with Crippen LogP contribution in [-0.2, 0) is 4.74 Å². The van der Waals surface area contributed by atoms with Crippen LogP contribution in [0.1, 0.15) is 0 Å². The quantitative estimate of drug-likeness (QED) is 0.488. The summed E-state index contributed by atoms with van der Waals surface area (Å²) in [6, 6.07) is 2.26. The Labute approximate surface area is 149 Å². The molecule has 0 fully saturated rings. The molecule has 0 heterocycles. The molecule has 0 bridgehead atoms. The van der Waals surface area contributed by atoms with Gasteiger partial charge >= 0.3 is 30.8 Å². The van der Waals surface area contributed by atoms with Crippen LogP contribution in [-0.4, -0.2) is 34.7 Å². The lowest BCUT2D eigenvalue weighted by Gasteiger charge is -2.26. The molecule has 0 radical (unpaired) electrons. The third kappa shape index (κ3) is 5.92. The van der Waals surface area contributed by atoms with Crippen molar-refractivity contribution in [3.05, 3.63) is 24.3 Å². The number of nitrogens with one attached hydrogen (secondary N) is 1. The lowest BCUT2D eigenvalue weighted by molar-refractivity contribution is -0.442. The van der Waals surface area contributed by atoms with E-state index in [-0.39, 0.29) is 9.63 Å². The number of ether oxygens (including phenoxy) is 2. The maximum atomic E-state index is 13.3. The molecular formula is C11H6Cl2F8N2O3. The van der Waals surface area contributed by atoms with E-state index in [2.05, 4.69) is 14.8 Å². The second-order valence-corrected chi connectivity index (χ2v) is 5.15. The number of carbonyl (C=O) groups excluding carboxylic acids is 1. The Kier molecular flexibility index (Phi) is 6.76. The SMILES string of the molecule is O=C(Nc1ccc(OC(F)(F)C(F)OC(F)(F)C(F)(F)F)cc1)N(Cl)Cl. The summed E-state index contributed by atoms with van der Waals surface area (Å²) in [5, 5.41) is 2.06. The van der Waals surface area contributed by atoms with Gasteiger partial charge in [0.1, 0.15) is 5.75 Å². The minimum atomic E-state index is -6.41. The molecule has 148 valence electrons. The van der Waals surface area contributed by atoms with E-state index in [1.54, 1.807) is 0 Å². The van der Waals surface area contributed by atoms with Gasteiger partial charge in [0.25, 0.3) is 0 Å². The lowest BCUT2D eigenvalue weighted by atomic mass is 10.3. The van der Waals surface area contributed by atoms with Crippen LogP contribution in [0.3, 0.4) is 0 Å². The number of anilines is 1. The van der Waals surface area contributed by atoms with Crippen LogP contribution in [0.4, 0.5) is 45.6 Å². The zero-order valence-corrected chi connectivity index (χ0v) is 13.4. The summed E-state index contributed by atoms with van der Waals surface area (Å²) in [4.78, 5) is 11.1. The summed E-state index contributed by atoms with van der Waals surface area (Å²) in [5.74, 6) is -0.844. The van der Waals surface area contributed by atoms with Crippen LogP contribution in [0.2, 0.25) is 0 Å². The van der Waals surface area contributed by atoms with E-state index in [1.165, 1.54) is 0 Å². The smallest absolute Gasteiger partial charge is 0.429 e. The fraction of sp³-hybridized carbons (Fsp3) is 0.364. The van der Waals surface area contributed by atoms with Crippen molar-refractivity contribution in [3.63, 3.8) is 0 Å². The van der Waals surface area contributed by atoms with E-state index in [1.807, 2.05) is 0 Å². The van der Waals surface area contributed by atoms with Crippen molar-refractivity contribution in [1.29, 1.82) is 0 Å². The molecule has 0 aliphatic carbocycles. The minimum Gasteiger partial charge on any atom is -0.429 e. The first-order chi connectivity index (χ1) is 11.7. The zero-order chi connectivity index (χ0) is 20.3. The first-order valence-electron chi connectivity index (χ1n) is 6.02. The highest BCUT2D eigenvalue weighted by Gasteiger charge is 2.64. The van der Waals surface area contributed by atoms with Crippen molar-refractivity contribution in [2.75, 3.05) is 5.32 Å². The Bertz CT molecular complexity index is 627. The molecule has 1 aromatic carbocycles. The van der Waals surface area contributed by atoms with Crippen LogP contribution in [0.5, 0.6) is 5.75 Å². The number of nitrogens with zero attached hydrogens (tertiary/aromatic N) is 1. The first-order valence-corrected chi connectivity index (χ1v) is 6.69. The Morgan fingerprint density at radius 3 is 1.96 bits per heavy atom. The number of carbonyl (C=O) groups is 1. The van der Waals surface area contributed by atoms with Crippen molar-refractivity contribution in [1.82, 2.24) is 3.94 Å². The number of alkyl halides is 8. The number of benzene rings is 1. The standard InChI is InChI=1S/C11H6Cl2F8N2O3/c12-23(13)8(24)22-5-1-3-6(4-2-5)25-9(15,16)7(14)26-11(20,21)10(17,18)19/h1-4,7H,(H,22,24). The van der Waals surface area contributed by atoms with Crippen LogP contribution in [0, 0.1) is 0 Å². The van der Waals surface area contributed by atoms with Crippen molar-refractivity contribution in [2.45, 2.75) is 24.8 Å². The molecule has 0 aliphatic heterocycles. The third-order valence-electron chi connectivity index (χ3n) is 2.36. The van der Waals surface area contributed by atoms with Crippen molar-refractivity contribution < 1.29 is 49.4 Å². The minimum absolute atomic E-state index is 0.0476. The van der Waals surface area contributed by atoms with E-state index < -0.39 is 36.5 Å². The molecule has 5 nitrogen and oxygen atoms in total. The van der Waals surface area contributed by atoms with Gasteiger partial charge < -0.3 is 10.1 Å². The molecule has 1 rings (SSSR count). The van der Waals surface area contributed by atoms with E-state index in [0.29, 0.717) is 12.1 Å². The topological polar surface area (TPSA) is 50.8 Å². The van der Waals surface area contributed by atoms with E-state index in [9.17, 15) is 39.9 Å². The Morgan fingerprint density at radius 2 is 1.54 bits per heavy atom. The molecule has 1 atom stereocenters. The fourth-order valence-electron chi connectivity index (χ4n) is 1.24. The predicted octanol–water partition coefficient (Wildman–Crippen LogP) is 5.27. The highest BCUT2D eigenvalue weighted by Crippen LogP contribution is 2.40. The van der Waals surface area contributed by atoms with Gasteiger partial charge in [0.2, 0.25) is 0 Å². The maximum Gasteiger partial charge on any atom is 0.483 e. The van der Waals surface area contributed by atoms with E-state index in [0.717, 1.165) is 12.1 Å². The van der Waals surface area contributed by atoms with E-state index in [4.69, 9.17) is 23.6 Å². The predicted molar refractivity (Wildman–Crippen MR) is 71.6 cm³/mol. The van der Waals surface area contributed by atoms with Crippen molar-refractivity contribution in [2.24, 2.45) is 0 Å². The Balaban J connectivity index is 2.78. The summed E-state index contributed by atoms with van der Waals surface area (Å²) in [7, 11) is 0. The number of hydrogen-bond acceptors (Lipinski definition) is 3. The van der Waals surface area contributed by atoms with Crippen molar-refractivity contribution in [3.8, 4) is 5.75 Å². The summed E-state index contributed by atoms with van der Waals surface area (Å²) in [6.07, 6.45) is -22.2. The van der Waals surface area contributed by atoms with Gasteiger partial charge in [-0.1, -0.05) is 0 Å². The number of halogens is 10. The number of hydrogen-bond donors (Lipinski definition) is 1. The van der Waals surface area contributed by atoms with Gasteiger partial charge in [-0.25, -0.2) is 9.18 Å². The molecule has 1 aromatic rings. The van der Waals surface area contributed by atoms with Gasteiger partial charge in [-0.05, 0) is 24.3 Å². The molecule has 0 saturated carbocycles. The molecule has 1 N–H and O–H groups in total. The summed E-state index contributed by atoms with van der Waals surface area (Å²) >= 11 is 10.2. The Hall–Kier alpha value is -1.73. The summed E-state index contributed by atoms with van der Waals surface area (Å²) < 4.78 is 106. The van der Waals surface area contributed by atoms with Gasteiger partial charge in [-0.2, -0.15) is 30.7 Å². The summed E-state index contributed by atoms with van der Waals surface area (Å²) in [6.45, 7) is 0. The zero-order valence-electron chi connectivity index (χ0n) is 11.8. The Morgan fingerprint density at radius 1 is 1.04 bits per heavy atom. The first kappa shape index (κ1) is 22.3. The molecule has 0 saturated heterocycles. The molecule has 26 heavy (non-hydrogen) atoms. The molecule has 1 unspecified atom stereocenters. The van der Waals surface area contributed by atoms with Gasteiger partial charge in [0.15, 0.2) is 0 Å². The van der Waals surface area contributed by atoms with Gasteiger partial charge in [0.05, 0.1) is 0 Å². The number of urea groups is 1. The number of rotatable bonds is 6. The molecule has 15 heteroatoms. The number of amides is 2. The molecular weight excluding hydrogens is 431 g/mol. The van der Waals surface area contributed by atoms with Crippen LogP contribution in [0.25, 0.3) is 0 Å². The van der Waals surface area contributed by atoms with Crippen LogP contribution >= 0.6 is 23.6 Å². The van der Waals surface area contributed by atoms with Crippen molar-refractivity contribution >= 4 is 35.3 Å². The molecule has 0 spiro atoms. The molecule has 0 aliphatic rings. The maximum absolute atomic E-state index is 13.3. The highest BCUT2D eigenvalue weighted by atomic mass is 35.5. The van der Waals surface area contributed by atoms with Crippen LogP contribution < -0.4 is 10.1 Å². The second kappa shape index (κ2) is 7.88. The largest absolute Gasteiger partial charge is 0.483 e. The van der Waals surface area contributed by atoms with Gasteiger partial charge in [0, 0.05) is 29.2 Å². The fourth-order valence-corrected chi connectivity index (χ4v) is 1.33. The third-order valence-corrected chi connectivity index (χ3v) is 2.67. The van der Waals surface area contributed by atoms with Gasteiger partial charge in [-0.3, -0.25) is 4.74 Å². The average molecular weight is 437 g/mol. The molecule has 2 amide bonds. The van der Waals surface area contributed by atoms with Crippen LogP contribution in [0.15, 0.2) is 24.3 Å². The van der Waals surface area contributed by atoms with Gasteiger partial charge in [-0.15, -0.1) is 3.94 Å². The second-order valence-electron chi connectivity index (χ2n) is 4.30. The monoisotopic (exact) mass is 436 g/mol. The normalized spacial score (nSPS) is 13.9. The van der Waals surface area contributed by atoms with E-state index >= 15 is 0 Å². The summed E-state index contributed by atoms with van der Waals surface area (Å²) in [5.41, 5.74) is -0.0476. The average Bonchev–Trinajstić information content (AvgIpc) is 2.47.